The number of hydrogen-bond donors (Lipinski definition) is 0. The zero-order valence-corrected chi connectivity index (χ0v) is 15.4. The summed E-state index contributed by atoms with van der Waals surface area (Å²) in [6.45, 7) is 0.621. The van der Waals surface area contributed by atoms with Gasteiger partial charge in [0.1, 0.15) is 6.54 Å². The lowest BCUT2D eigenvalue weighted by Gasteiger charge is -2.22. The monoisotopic (exact) mass is 373 g/mol. The van der Waals surface area contributed by atoms with Crippen molar-refractivity contribution in [3.05, 3.63) is 49.6 Å². The second kappa shape index (κ2) is 6.24. The summed E-state index contributed by atoms with van der Waals surface area (Å²) in [6.07, 6.45) is 3.48. The molecule has 8 nitrogen and oxygen atoms in total. The molecule has 3 aromatic heterocycles. The van der Waals surface area contributed by atoms with E-state index in [1.165, 1.54) is 17.9 Å². The van der Waals surface area contributed by atoms with E-state index in [4.69, 9.17) is 0 Å². The number of rotatable bonds is 5. The molecule has 26 heavy (non-hydrogen) atoms. The molecule has 1 fully saturated rings. The second-order valence-corrected chi connectivity index (χ2v) is 7.61. The van der Waals surface area contributed by atoms with Crippen LogP contribution in [0.5, 0.6) is 0 Å². The molecule has 0 saturated heterocycles. The van der Waals surface area contributed by atoms with Gasteiger partial charge in [0.25, 0.3) is 5.56 Å². The highest BCUT2D eigenvalue weighted by Crippen LogP contribution is 2.29. The van der Waals surface area contributed by atoms with Gasteiger partial charge in [0.15, 0.2) is 11.2 Å². The van der Waals surface area contributed by atoms with Crippen LogP contribution in [0.2, 0.25) is 0 Å². The maximum atomic E-state index is 12.9. The van der Waals surface area contributed by atoms with Crippen molar-refractivity contribution in [1.82, 2.24) is 23.6 Å². The molecular formula is C17H19N5O3S. The lowest BCUT2D eigenvalue weighted by molar-refractivity contribution is -0.132. The van der Waals surface area contributed by atoms with Crippen molar-refractivity contribution in [3.8, 4) is 0 Å². The Balaban J connectivity index is 1.67. The van der Waals surface area contributed by atoms with Crippen LogP contribution in [-0.4, -0.2) is 35.5 Å². The molecule has 1 aliphatic rings. The molecular weight excluding hydrogens is 354 g/mol. The number of nitrogens with zero attached hydrogens (tertiary/aromatic N) is 5. The Kier molecular flexibility index (Phi) is 4.03. The van der Waals surface area contributed by atoms with Crippen LogP contribution in [0, 0.1) is 0 Å². The Morgan fingerprint density at radius 2 is 2.08 bits per heavy atom. The van der Waals surface area contributed by atoms with Crippen LogP contribution in [0.25, 0.3) is 11.2 Å². The van der Waals surface area contributed by atoms with Gasteiger partial charge in [-0.25, -0.2) is 9.78 Å². The third-order valence-electron chi connectivity index (χ3n) is 4.74. The molecule has 3 heterocycles. The molecule has 0 spiro atoms. The van der Waals surface area contributed by atoms with E-state index < -0.39 is 11.2 Å². The average molecular weight is 373 g/mol. The molecule has 0 unspecified atom stereocenters. The van der Waals surface area contributed by atoms with Crippen LogP contribution in [0.1, 0.15) is 17.7 Å². The predicted octanol–water partition coefficient (Wildman–Crippen LogP) is 0.686. The van der Waals surface area contributed by atoms with E-state index in [1.807, 2.05) is 22.4 Å². The van der Waals surface area contributed by atoms with E-state index in [0.29, 0.717) is 12.2 Å². The first-order valence-corrected chi connectivity index (χ1v) is 9.28. The first kappa shape index (κ1) is 16.8. The van der Waals surface area contributed by atoms with Gasteiger partial charge < -0.3 is 9.47 Å². The molecule has 0 radical (unpaired) electrons. The summed E-state index contributed by atoms with van der Waals surface area (Å²) in [6, 6.07) is 4.26. The van der Waals surface area contributed by atoms with Gasteiger partial charge in [-0.3, -0.25) is 18.7 Å². The molecule has 0 atom stereocenters. The fourth-order valence-electron chi connectivity index (χ4n) is 3.13. The van der Waals surface area contributed by atoms with Crippen molar-refractivity contribution >= 4 is 28.4 Å². The zero-order chi connectivity index (χ0) is 18.4. The zero-order valence-electron chi connectivity index (χ0n) is 14.6. The summed E-state index contributed by atoms with van der Waals surface area (Å²) in [5, 5.41) is 2.00. The van der Waals surface area contributed by atoms with Gasteiger partial charge in [0.05, 0.1) is 12.9 Å². The Hall–Kier alpha value is -2.68. The fraction of sp³-hybridized carbons (Fsp3) is 0.412. The lowest BCUT2D eigenvalue weighted by Crippen LogP contribution is -2.38. The summed E-state index contributed by atoms with van der Waals surface area (Å²) in [7, 11) is 2.99. The van der Waals surface area contributed by atoms with Crippen LogP contribution in [-0.2, 0) is 32.0 Å². The summed E-state index contributed by atoms with van der Waals surface area (Å²) in [5.74, 6) is -0.0453. The number of aromatic nitrogens is 4. The summed E-state index contributed by atoms with van der Waals surface area (Å²) >= 11 is 1.63. The van der Waals surface area contributed by atoms with E-state index >= 15 is 0 Å². The topological polar surface area (TPSA) is 82.1 Å². The average Bonchev–Trinajstić information content (AvgIpc) is 3.16. The largest absolute Gasteiger partial charge is 0.333 e. The van der Waals surface area contributed by atoms with Gasteiger partial charge in [-0.15, -0.1) is 11.3 Å². The number of aryl methyl sites for hydroxylation is 1. The normalized spacial score (nSPS) is 14.1. The molecule has 3 aromatic rings. The summed E-state index contributed by atoms with van der Waals surface area (Å²) in [5.41, 5.74) is -0.307. The quantitative estimate of drug-likeness (QED) is 0.659. The van der Waals surface area contributed by atoms with Crippen LogP contribution >= 0.6 is 11.3 Å². The highest BCUT2D eigenvalue weighted by molar-refractivity contribution is 7.09. The lowest BCUT2D eigenvalue weighted by atomic mass is 10.3. The minimum absolute atomic E-state index is 0.0336. The summed E-state index contributed by atoms with van der Waals surface area (Å²) in [4.78, 5) is 44.6. The number of fused-ring (bicyclic) bond motifs is 1. The molecule has 1 saturated carbocycles. The van der Waals surface area contributed by atoms with E-state index in [9.17, 15) is 14.4 Å². The second-order valence-electron chi connectivity index (χ2n) is 6.58. The molecule has 0 bridgehead atoms. The van der Waals surface area contributed by atoms with Gasteiger partial charge in [-0.1, -0.05) is 6.07 Å². The minimum Gasteiger partial charge on any atom is -0.333 e. The predicted molar refractivity (Wildman–Crippen MR) is 98.1 cm³/mol. The first-order valence-electron chi connectivity index (χ1n) is 8.40. The van der Waals surface area contributed by atoms with Crippen LogP contribution < -0.4 is 11.2 Å². The van der Waals surface area contributed by atoms with Crippen molar-refractivity contribution < 1.29 is 4.79 Å². The van der Waals surface area contributed by atoms with Gasteiger partial charge >= 0.3 is 5.69 Å². The van der Waals surface area contributed by atoms with Gasteiger partial charge in [0, 0.05) is 25.0 Å². The minimum atomic E-state index is -0.440. The van der Waals surface area contributed by atoms with Crippen molar-refractivity contribution in [2.24, 2.45) is 14.1 Å². The van der Waals surface area contributed by atoms with E-state index in [0.717, 1.165) is 22.3 Å². The molecule has 1 aliphatic carbocycles. The number of carbonyl (C=O) groups is 1. The number of hydrogen-bond acceptors (Lipinski definition) is 5. The Labute approximate surface area is 152 Å². The van der Waals surface area contributed by atoms with E-state index in [1.54, 1.807) is 23.0 Å². The Morgan fingerprint density at radius 3 is 2.73 bits per heavy atom. The van der Waals surface area contributed by atoms with Crippen molar-refractivity contribution in [2.75, 3.05) is 0 Å². The molecule has 0 aromatic carbocycles. The highest BCUT2D eigenvalue weighted by Gasteiger charge is 2.33. The fourth-order valence-corrected chi connectivity index (χ4v) is 3.83. The standard InChI is InChI=1S/C17H19N5O3S/c1-19-15-14(16(24)20(2)17(19)25)21(10-18-15)9-13(23)22(11-5-6-11)8-12-4-3-7-26-12/h3-4,7,10-11H,5-6,8-9H2,1-2H3. The third-order valence-corrected chi connectivity index (χ3v) is 5.60. The van der Waals surface area contributed by atoms with Gasteiger partial charge in [-0.05, 0) is 24.3 Å². The first-order chi connectivity index (χ1) is 12.5. The van der Waals surface area contributed by atoms with Crippen molar-refractivity contribution in [1.29, 1.82) is 0 Å². The molecule has 0 aliphatic heterocycles. The highest BCUT2D eigenvalue weighted by atomic mass is 32.1. The van der Waals surface area contributed by atoms with Crippen LogP contribution in [0.3, 0.4) is 0 Å². The summed E-state index contributed by atoms with van der Waals surface area (Å²) < 4.78 is 3.90. The van der Waals surface area contributed by atoms with E-state index in [-0.39, 0.29) is 24.0 Å². The maximum absolute atomic E-state index is 12.9. The SMILES string of the molecule is Cn1c(=O)c2c(ncn2CC(=O)N(Cc2cccs2)C2CC2)n(C)c1=O. The Bertz CT molecular complexity index is 1090. The van der Waals surface area contributed by atoms with Crippen LogP contribution in [0.15, 0.2) is 33.4 Å². The van der Waals surface area contributed by atoms with Crippen molar-refractivity contribution in [2.45, 2.75) is 32.0 Å². The molecule has 9 heteroatoms. The van der Waals surface area contributed by atoms with Gasteiger partial charge in [-0.2, -0.15) is 0 Å². The van der Waals surface area contributed by atoms with Gasteiger partial charge in [0.2, 0.25) is 5.91 Å². The van der Waals surface area contributed by atoms with Crippen LogP contribution in [0.4, 0.5) is 0 Å². The van der Waals surface area contributed by atoms with E-state index in [2.05, 4.69) is 4.98 Å². The Morgan fingerprint density at radius 1 is 1.31 bits per heavy atom. The molecule has 0 N–H and O–H groups in total. The molecule has 136 valence electrons. The smallest absolute Gasteiger partial charge is 0.332 e. The number of amides is 1. The third kappa shape index (κ3) is 2.78. The maximum Gasteiger partial charge on any atom is 0.332 e. The molecule has 4 rings (SSSR count). The molecule has 1 amide bonds. The van der Waals surface area contributed by atoms with Crippen molar-refractivity contribution in [3.63, 3.8) is 0 Å². The number of carbonyl (C=O) groups excluding carboxylic acids is 1. The number of thiophene rings is 1. The number of imidazole rings is 1.